The SMILES string of the molecule is C=C[C@@H]1C[C@H](c2ccccc2)O[C@@H]1c1ccccc1. The summed E-state index contributed by atoms with van der Waals surface area (Å²) in [6.07, 6.45) is 3.34. The van der Waals surface area contributed by atoms with Gasteiger partial charge in [-0.1, -0.05) is 66.7 Å². The highest BCUT2D eigenvalue weighted by molar-refractivity contribution is 5.24. The normalized spacial score (nSPS) is 26.2. The molecule has 0 amide bonds. The summed E-state index contributed by atoms with van der Waals surface area (Å²) in [5, 5.41) is 0. The van der Waals surface area contributed by atoms with Gasteiger partial charge in [-0.15, -0.1) is 6.58 Å². The molecule has 2 aromatic rings. The minimum Gasteiger partial charge on any atom is -0.365 e. The molecule has 0 saturated carbocycles. The van der Waals surface area contributed by atoms with Gasteiger partial charge in [0.2, 0.25) is 0 Å². The Labute approximate surface area is 114 Å². The van der Waals surface area contributed by atoms with Gasteiger partial charge in [0.05, 0.1) is 12.2 Å². The van der Waals surface area contributed by atoms with Crippen LogP contribution in [0.25, 0.3) is 0 Å². The number of hydrogen-bond acceptors (Lipinski definition) is 1. The van der Waals surface area contributed by atoms with E-state index < -0.39 is 0 Å². The quantitative estimate of drug-likeness (QED) is 0.718. The Balaban J connectivity index is 1.85. The van der Waals surface area contributed by atoms with Gasteiger partial charge < -0.3 is 4.74 Å². The summed E-state index contributed by atoms with van der Waals surface area (Å²) in [5.74, 6) is 0.382. The Morgan fingerprint density at radius 1 is 0.895 bits per heavy atom. The first-order valence-electron chi connectivity index (χ1n) is 6.76. The zero-order valence-corrected chi connectivity index (χ0v) is 10.9. The van der Waals surface area contributed by atoms with E-state index in [2.05, 4.69) is 55.1 Å². The molecule has 0 N–H and O–H groups in total. The molecule has 1 fully saturated rings. The molecule has 96 valence electrons. The lowest BCUT2D eigenvalue weighted by molar-refractivity contribution is 0.0375. The van der Waals surface area contributed by atoms with E-state index in [0.29, 0.717) is 5.92 Å². The van der Waals surface area contributed by atoms with Crippen molar-refractivity contribution in [3.8, 4) is 0 Å². The van der Waals surface area contributed by atoms with Gasteiger partial charge in [0.15, 0.2) is 0 Å². The molecular weight excluding hydrogens is 232 g/mol. The second-order valence-electron chi connectivity index (χ2n) is 5.00. The van der Waals surface area contributed by atoms with Crippen LogP contribution in [0.1, 0.15) is 29.8 Å². The summed E-state index contributed by atoms with van der Waals surface area (Å²) >= 11 is 0. The molecule has 0 aliphatic carbocycles. The predicted octanol–water partition coefficient (Wildman–Crippen LogP) is 4.69. The molecule has 0 unspecified atom stereocenters. The summed E-state index contributed by atoms with van der Waals surface area (Å²) in [7, 11) is 0. The van der Waals surface area contributed by atoms with Crippen molar-refractivity contribution in [3.63, 3.8) is 0 Å². The number of rotatable bonds is 3. The number of ether oxygens (including phenoxy) is 1. The molecule has 1 nitrogen and oxygen atoms in total. The Bertz CT molecular complexity index is 532. The van der Waals surface area contributed by atoms with Crippen molar-refractivity contribution in [2.45, 2.75) is 18.6 Å². The Morgan fingerprint density at radius 3 is 2.05 bits per heavy atom. The lowest BCUT2D eigenvalue weighted by Gasteiger charge is -2.16. The minimum absolute atomic E-state index is 0.129. The molecule has 3 rings (SSSR count). The molecule has 0 bridgehead atoms. The van der Waals surface area contributed by atoms with Crippen LogP contribution in [-0.2, 0) is 4.74 Å². The molecule has 1 heteroatoms. The van der Waals surface area contributed by atoms with E-state index in [1.54, 1.807) is 0 Å². The Hall–Kier alpha value is -1.86. The molecule has 2 aromatic carbocycles. The predicted molar refractivity (Wildman–Crippen MR) is 77.8 cm³/mol. The summed E-state index contributed by atoms with van der Waals surface area (Å²) in [6.45, 7) is 3.97. The van der Waals surface area contributed by atoms with Gasteiger partial charge in [0, 0.05) is 5.92 Å². The van der Waals surface area contributed by atoms with E-state index in [0.717, 1.165) is 6.42 Å². The van der Waals surface area contributed by atoms with Gasteiger partial charge in [-0.25, -0.2) is 0 Å². The van der Waals surface area contributed by atoms with Gasteiger partial charge in [-0.05, 0) is 17.5 Å². The fraction of sp³-hybridized carbons (Fsp3) is 0.222. The average molecular weight is 250 g/mol. The van der Waals surface area contributed by atoms with E-state index in [4.69, 9.17) is 4.74 Å². The van der Waals surface area contributed by atoms with Gasteiger partial charge in [-0.2, -0.15) is 0 Å². The van der Waals surface area contributed by atoms with Crippen molar-refractivity contribution in [2.24, 2.45) is 5.92 Å². The fourth-order valence-corrected chi connectivity index (χ4v) is 2.77. The van der Waals surface area contributed by atoms with Crippen LogP contribution in [0.15, 0.2) is 73.3 Å². The molecule has 1 heterocycles. The average Bonchev–Trinajstić information content (AvgIpc) is 2.93. The molecule has 1 aliphatic rings. The maximum Gasteiger partial charge on any atom is 0.0896 e. The van der Waals surface area contributed by atoms with Crippen LogP contribution in [0.5, 0.6) is 0 Å². The Morgan fingerprint density at radius 2 is 1.47 bits per heavy atom. The van der Waals surface area contributed by atoms with E-state index >= 15 is 0 Å². The van der Waals surface area contributed by atoms with E-state index in [9.17, 15) is 0 Å². The molecule has 1 aliphatic heterocycles. The summed E-state index contributed by atoms with van der Waals surface area (Å²) in [5.41, 5.74) is 2.50. The first-order valence-corrected chi connectivity index (χ1v) is 6.76. The van der Waals surface area contributed by atoms with Crippen LogP contribution in [0, 0.1) is 5.92 Å². The van der Waals surface area contributed by atoms with Crippen molar-refractivity contribution >= 4 is 0 Å². The van der Waals surface area contributed by atoms with E-state index in [-0.39, 0.29) is 12.2 Å². The lowest BCUT2D eigenvalue weighted by atomic mass is 9.93. The van der Waals surface area contributed by atoms with Crippen LogP contribution in [-0.4, -0.2) is 0 Å². The van der Waals surface area contributed by atoms with Crippen molar-refractivity contribution in [3.05, 3.63) is 84.4 Å². The van der Waals surface area contributed by atoms with Gasteiger partial charge in [0.1, 0.15) is 0 Å². The highest BCUT2D eigenvalue weighted by atomic mass is 16.5. The molecule has 3 atom stereocenters. The first-order chi connectivity index (χ1) is 9.38. The van der Waals surface area contributed by atoms with Gasteiger partial charge in [0.25, 0.3) is 0 Å². The third-order valence-electron chi connectivity index (χ3n) is 3.79. The maximum absolute atomic E-state index is 6.27. The van der Waals surface area contributed by atoms with Crippen LogP contribution in [0.2, 0.25) is 0 Å². The van der Waals surface area contributed by atoms with Crippen molar-refractivity contribution in [1.82, 2.24) is 0 Å². The van der Waals surface area contributed by atoms with Gasteiger partial charge in [-0.3, -0.25) is 0 Å². The second kappa shape index (κ2) is 5.41. The standard InChI is InChI=1S/C18H18O/c1-2-14-13-17(15-9-5-3-6-10-15)19-18(14)16-11-7-4-8-12-16/h2-12,14,17-18H,1,13H2/t14-,17-,18+/m1/s1. The molecule has 0 aromatic heterocycles. The topological polar surface area (TPSA) is 9.23 Å². The monoisotopic (exact) mass is 250 g/mol. The third kappa shape index (κ3) is 2.47. The first kappa shape index (κ1) is 12.2. The third-order valence-corrected chi connectivity index (χ3v) is 3.79. The van der Waals surface area contributed by atoms with Crippen LogP contribution >= 0.6 is 0 Å². The summed E-state index contributed by atoms with van der Waals surface area (Å²) < 4.78 is 6.27. The second-order valence-corrected chi connectivity index (χ2v) is 5.00. The van der Waals surface area contributed by atoms with Crippen LogP contribution in [0.4, 0.5) is 0 Å². The number of benzene rings is 2. The minimum atomic E-state index is 0.129. The zero-order valence-electron chi connectivity index (χ0n) is 10.9. The molecule has 1 saturated heterocycles. The van der Waals surface area contributed by atoms with Crippen molar-refractivity contribution in [1.29, 1.82) is 0 Å². The number of hydrogen-bond donors (Lipinski definition) is 0. The molecule has 0 radical (unpaired) electrons. The molecular formula is C18H18O. The van der Waals surface area contributed by atoms with Gasteiger partial charge >= 0.3 is 0 Å². The fourth-order valence-electron chi connectivity index (χ4n) is 2.77. The van der Waals surface area contributed by atoms with Crippen LogP contribution < -0.4 is 0 Å². The highest BCUT2D eigenvalue weighted by Crippen LogP contribution is 2.45. The Kier molecular flexibility index (Phi) is 3.47. The van der Waals surface area contributed by atoms with Crippen molar-refractivity contribution < 1.29 is 4.74 Å². The smallest absolute Gasteiger partial charge is 0.0896 e. The van der Waals surface area contributed by atoms with Crippen LogP contribution in [0.3, 0.4) is 0 Å². The largest absolute Gasteiger partial charge is 0.365 e. The lowest BCUT2D eigenvalue weighted by Crippen LogP contribution is -2.04. The highest BCUT2D eigenvalue weighted by Gasteiger charge is 2.34. The maximum atomic E-state index is 6.27. The summed E-state index contributed by atoms with van der Waals surface area (Å²) in [4.78, 5) is 0. The van der Waals surface area contributed by atoms with Crippen molar-refractivity contribution in [2.75, 3.05) is 0 Å². The molecule has 19 heavy (non-hydrogen) atoms. The molecule has 0 spiro atoms. The zero-order chi connectivity index (χ0) is 13.1. The van der Waals surface area contributed by atoms with E-state index in [1.165, 1.54) is 11.1 Å². The van der Waals surface area contributed by atoms with E-state index in [1.807, 2.05) is 18.2 Å². The summed E-state index contributed by atoms with van der Waals surface area (Å²) in [6, 6.07) is 20.9.